The van der Waals surface area contributed by atoms with E-state index < -0.39 is 0 Å². The molecule has 23 heavy (non-hydrogen) atoms. The molecule has 2 heteroatoms. The first kappa shape index (κ1) is 16.4. The molecule has 0 aliphatic heterocycles. The Labute approximate surface area is 146 Å². The highest BCUT2D eigenvalue weighted by Crippen LogP contribution is 2.68. The Hall–Kier alpha value is -0.0400. The van der Waals surface area contributed by atoms with Crippen LogP contribution >= 0.6 is 11.6 Å². The highest BCUT2D eigenvalue weighted by atomic mass is 35.5. The van der Waals surface area contributed by atoms with E-state index in [2.05, 4.69) is 13.8 Å². The second kappa shape index (κ2) is 5.48. The average Bonchev–Trinajstić information content (AvgIpc) is 2.78. The van der Waals surface area contributed by atoms with Crippen LogP contribution in [-0.2, 0) is 4.79 Å². The Morgan fingerprint density at radius 2 is 1.78 bits per heavy atom. The molecule has 0 bridgehead atoms. The highest BCUT2D eigenvalue weighted by Gasteiger charge is 2.62. The fraction of sp³-hybridized carbons (Fsp3) is 0.952. The monoisotopic (exact) mass is 336 g/mol. The van der Waals surface area contributed by atoms with Crippen molar-refractivity contribution in [3.63, 3.8) is 0 Å². The summed E-state index contributed by atoms with van der Waals surface area (Å²) in [7, 11) is 0. The molecule has 0 aromatic heterocycles. The minimum Gasteiger partial charge on any atom is -0.300 e. The first-order valence-corrected chi connectivity index (χ1v) is 10.5. The van der Waals surface area contributed by atoms with Gasteiger partial charge in [0.05, 0.1) is 0 Å². The van der Waals surface area contributed by atoms with Gasteiger partial charge in [0, 0.05) is 11.3 Å². The van der Waals surface area contributed by atoms with Crippen LogP contribution in [0.1, 0.15) is 78.6 Å². The van der Waals surface area contributed by atoms with Crippen molar-refractivity contribution in [3.8, 4) is 0 Å². The maximum absolute atomic E-state index is 12.2. The van der Waals surface area contributed by atoms with E-state index in [-0.39, 0.29) is 16.7 Å². The van der Waals surface area contributed by atoms with Gasteiger partial charge in [-0.2, -0.15) is 0 Å². The van der Waals surface area contributed by atoms with Crippen molar-refractivity contribution in [2.45, 2.75) is 83.9 Å². The van der Waals surface area contributed by atoms with Gasteiger partial charge in [-0.3, -0.25) is 4.79 Å². The van der Waals surface area contributed by atoms with Gasteiger partial charge in [-0.25, -0.2) is 0 Å². The molecule has 4 aliphatic carbocycles. The largest absolute Gasteiger partial charge is 0.300 e. The molecule has 4 aliphatic rings. The van der Waals surface area contributed by atoms with Gasteiger partial charge in [0.15, 0.2) is 0 Å². The molecule has 1 nitrogen and oxygen atoms in total. The van der Waals surface area contributed by atoms with Crippen LogP contribution in [0.5, 0.6) is 0 Å². The van der Waals surface area contributed by atoms with Gasteiger partial charge in [-0.1, -0.05) is 26.7 Å². The first-order valence-electron chi connectivity index (χ1n) is 10.0. The topological polar surface area (TPSA) is 17.1 Å². The van der Waals surface area contributed by atoms with Crippen molar-refractivity contribution >= 4 is 17.4 Å². The lowest BCUT2D eigenvalue weighted by Crippen LogP contribution is -2.54. The second-order valence-electron chi connectivity index (χ2n) is 9.78. The second-order valence-corrected chi connectivity index (χ2v) is 10.3. The van der Waals surface area contributed by atoms with E-state index in [0.717, 1.165) is 24.2 Å². The summed E-state index contributed by atoms with van der Waals surface area (Å²) in [4.78, 5) is 12.2. The third-order valence-electron chi connectivity index (χ3n) is 9.02. The Kier molecular flexibility index (Phi) is 3.91. The molecule has 0 amide bonds. The molecule has 0 aromatic carbocycles. The number of rotatable bonds is 1. The minimum absolute atomic E-state index is 0.178. The number of hydrogen-bond donors (Lipinski definition) is 0. The molecule has 4 fully saturated rings. The third-order valence-corrected chi connectivity index (χ3v) is 9.47. The molecule has 0 heterocycles. The predicted octanol–water partition coefficient (Wildman–Crippen LogP) is 5.84. The van der Waals surface area contributed by atoms with Crippen LogP contribution in [0.3, 0.4) is 0 Å². The van der Waals surface area contributed by atoms with Gasteiger partial charge in [0.25, 0.3) is 0 Å². The van der Waals surface area contributed by atoms with E-state index >= 15 is 0 Å². The number of halogens is 1. The fourth-order valence-corrected chi connectivity index (χ4v) is 8.58. The van der Waals surface area contributed by atoms with Crippen molar-refractivity contribution in [1.29, 1.82) is 0 Å². The van der Waals surface area contributed by atoms with Gasteiger partial charge in [-0.15, -0.1) is 11.6 Å². The zero-order valence-electron chi connectivity index (χ0n) is 15.1. The van der Waals surface area contributed by atoms with Gasteiger partial charge in [-0.05, 0) is 86.4 Å². The van der Waals surface area contributed by atoms with E-state index in [0.29, 0.717) is 17.1 Å². The fourth-order valence-electron chi connectivity index (χ4n) is 7.93. The van der Waals surface area contributed by atoms with Crippen LogP contribution in [0, 0.1) is 40.4 Å². The van der Waals surface area contributed by atoms with Crippen molar-refractivity contribution in [1.82, 2.24) is 0 Å². The maximum Gasteiger partial charge on any atom is 0.133 e. The molecular weight excluding hydrogens is 304 g/mol. The van der Waals surface area contributed by atoms with Crippen molar-refractivity contribution in [2.75, 3.05) is 0 Å². The first-order chi connectivity index (χ1) is 10.9. The normalized spacial score (nSPS) is 55.7. The summed E-state index contributed by atoms with van der Waals surface area (Å²) in [6.45, 7) is 6.81. The molecule has 0 N–H and O–H groups in total. The summed E-state index contributed by atoms with van der Waals surface area (Å²) in [5.74, 6) is 3.79. The zero-order valence-corrected chi connectivity index (χ0v) is 15.9. The van der Waals surface area contributed by atoms with E-state index in [9.17, 15) is 4.79 Å². The number of ketones is 1. The van der Waals surface area contributed by atoms with Crippen LogP contribution in [0.15, 0.2) is 0 Å². The Morgan fingerprint density at radius 3 is 2.52 bits per heavy atom. The molecule has 4 rings (SSSR count). The summed E-state index contributed by atoms with van der Waals surface area (Å²) in [5, 5.41) is 0.227. The lowest BCUT2D eigenvalue weighted by Gasteiger charge is -2.60. The minimum atomic E-state index is 0.178. The average molecular weight is 337 g/mol. The van der Waals surface area contributed by atoms with Crippen molar-refractivity contribution in [2.24, 2.45) is 40.4 Å². The highest BCUT2D eigenvalue weighted by molar-refractivity contribution is 6.21. The van der Waals surface area contributed by atoms with Crippen LogP contribution in [0.2, 0.25) is 0 Å². The van der Waals surface area contributed by atoms with E-state index in [1.165, 1.54) is 51.4 Å². The summed E-state index contributed by atoms with van der Waals surface area (Å²) in [6, 6.07) is 0. The predicted molar refractivity (Wildman–Crippen MR) is 95.5 cm³/mol. The zero-order chi connectivity index (χ0) is 16.4. The number of hydrogen-bond acceptors (Lipinski definition) is 1. The molecule has 130 valence electrons. The van der Waals surface area contributed by atoms with Crippen LogP contribution < -0.4 is 0 Å². The van der Waals surface area contributed by atoms with Gasteiger partial charge in [0.2, 0.25) is 0 Å². The molecule has 0 spiro atoms. The number of alkyl halides is 1. The van der Waals surface area contributed by atoms with Gasteiger partial charge >= 0.3 is 0 Å². The molecule has 0 aromatic rings. The third kappa shape index (κ3) is 2.21. The summed E-state index contributed by atoms with van der Waals surface area (Å²) >= 11 is 6.90. The summed E-state index contributed by atoms with van der Waals surface area (Å²) in [5.41, 5.74) is 0.741. The molecule has 0 saturated heterocycles. The Bertz CT molecular complexity index is 502. The Balaban J connectivity index is 1.67. The van der Waals surface area contributed by atoms with Crippen molar-refractivity contribution in [3.05, 3.63) is 0 Å². The summed E-state index contributed by atoms with van der Waals surface area (Å²) in [6.07, 6.45) is 12.1. The number of carbonyl (C=O) groups excluding carboxylic acids is 1. The van der Waals surface area contributed by atoms with Crippen LogP contribution in [0.25, 0.3) is 0 Å². The standard InChI is InChI=1S/C21H33ClO/c1-13(23)17-12-18(22)19-15-8-7-14-6-4-5-10-20(14,2)16(15)9-11-21(17,19)3/h14-19H,4-12H2,1-3H3/t14?,15-,16+,17-,18?,19-,20+,21-/m1/s1. The van der Waals surface area contributed by atoms with Crippen molar-refractivity contribution < 1.29 is 4.79 Å². The lowest BCUT2D eigenvalue weighted by molar-refractivity contribution is -0.133. The lowest BCUT2D eigenvalue weighted by atomic mass is 9.45. The molecular formula is C21H33ClO. The molecule has 2 unspecified atom stereocenters. The van der Waals surface area contributed by atoms with Crippen LogP contribution in [-0.4, -0.2) is 11.2 Å². The smallest absolute Gasteiger partial charge is 0.133 e. The Morgan fingerprint density at radius 1 is 1.00 bits per heavy atom. The van der Waals surface area contributed by atoms with Crippen LogP contribution in [0.4, 0.5) is 0 Å². The van der Waals surface area contributed by atoms with E-state index in [1.807, 2.05) is 0 Å². The molecule has 4 saturated carbocycles. The maximum atomic E-state index is 12.2. The number of fused-ring (bicyclic) bond motifs is 5. The molecule has 0 radical (unpaired) electrons. The summed E-state index contributed by atoms with van der Waals surface area (Å²) < 4.78 is 0. The number of Topliss-reactive ketones (excluding diaryl/α,β-unsaturated/α-hetero) is 1. The van der Waals surface area contributed by atoms with E-state index in [1.54, 1.807) is 6.92 Å². The SMILES string of the molecule is CC(=O)[C@H]1CC(Cl)[C@H]2[C@@H]3CCC4CCCC[C@]4(C)[C@H]3CC[C@]12C. The number of carbonyl (C=O) groups is 1. The molecule has 8 atom stereocenters. The quantitative estimate of drug-likeness (QED) is 0.549. The van der Waals surface area contributed by atoms with E-state index in [4.69, 9.17) is 11.6 Å². The van der Waals surface area contributed by atoms with Gasteiger partial charge < -0.3 is 0 Å². The van der Waals surface area contributed by atoms with Gasteiger partial charge in [0.1, 0.15) is 5.78 Å².